The second-order valence-electron chi connectivity index (χ2n) is 2.21. The van der Waals surface area contributed by atoms with Crippen molar-refractivity contribution in [3.63, 3.8) is 0 Å². The highest BCUT2D eigenvalue weighted by Gasteiger charge is 2.04. The average molecular weight is 85.1 g/mol. The lowest BCUT2D eigenvalue weighted by atomic mass is 10.2. The lowest BCUT2D eigenvalue weighted by Crippen LogP contribution is -2.14. The van der Waals surface area contributed by atoms with Crippen LogP contribution in [-0.2, 0) is 4.74 Å². The molecule has 0 aliphatic rings. The van der Waals surface area contributed by atoms with E-state index in [1.807, 2.05) is 20.8 Å². The number of rotatable bonds is 0. The molecular weight excluding hydrogens is 76.1 g/mol. The Morgan fingerprint density at radius 2 is 1.50 bits per heavy atom. The van der Waals surface area contributed by atoms with Crippen LogP contribution in [0.15, 0.2) is 0 Å². The summed E-state index contributed by atoms with van der Waals surface area (Å²) >= 11 is 0. The lowest BCUT2D eigenvalue weighted by Gasteiger charge is -2.12. The maximum absolute atomic E-state index is 6.35. The molecule has 1 heteroatoms. The van der Waals surface area contributed by atoms with Gasteiger partial charge in [0, 0.05) is 0 Å². The highest BCUT2D eigenvalue weighted by molar-refractivity contribution is 4.56. The molecule has 0 amide bonds. The Kier molecular flexibility index (Phi) is 1.59. The van der Waals surface area contributed by atoms with Crippen LogP contribution in [0.3, 0.4) is 0 Å². The van der Waals surface area contributed by atoms with Crippen LogP contribution in [0.1, 0.15) is 20.8 Å². The van der Waals surface area contributed by atoms with E-state index in [-0.39, 0.29) is 5.60 Å². The standard InChI is InChI=1S/C5H9O/c1-5(2,3)6-4/h1-3H3. The van der Waals surface area contributed by atoms with Gasteiger partial charge in [-0.25, -0.2) is 0 Å². The molecule has 0 rings (SSSR count). The van der Waals surface area contributed by atoms with E-state index in [0.717, 1.165) is 0 Å². The van der Waals surface area contributed by atoms with E-state index in [9.17, 15) is 0 Å². The van der Waals surface area contributed by atoms with Gasteiger partial charge in [-0.1, -0.05) is 0 Å². The molecule has 0 saturated carbocycles. The molecule has 0 aromatic rings. The van der Waals surface area contributed by atoms with E-state index in [1.54, 1.807) is 0 Å². The SMILES string of the molecule is [C]OC(C)(C)C. The molecule has 0 N–H and O–H groups in total. The zero-order chi connectivity index (χ0) is 5.21. The normalized spacial score (nSPS) is 12.0. The molecule has 0 bridgehead atoms. The first kappa shape index (κ1) is 5.96. The highest BCUT2D eigenvalue weighted by Crippen LogP contribution is 2.03. The van der Waals surface area contributed by atoms with Crippen molar-refractivity contribution in [3.8, 4) is 0 Å². The quantitative estimate of drug-likeness (QED) is 0.431. The molecule has 0 atom stereocenters. The molecular formula is C5H9O. The first-order chi connectivity index (χ1) is 2.56. The third-order valence-corrected chi connectivity index (χ3v) is 0.306. The second-order valence-corrected chi connectivity index (χ2v) is 2.21. The van der Waals surface area contributed by atoms with E-state index >= 15 is 0 Å². The predicted molar refractivity (Wildman–Crippen MR) is 24.1 cm³/mol. The third kappa shape index (κ3) is 3.96. The maximum atomic E-state index is 6.35. The van der Waals surface area contributed by atoms with E-state index < -0.39 is 0 Å². The Morgan fingerprint density at radius 3 is 1.50 bits per heavy atom. The van der Waals surface area contributed by atoms with Crippen molar-refractivity contribution in [3.05, 3.63) is 7.11 Å². The van der Waals surface area contributed by atoms with Crippen LogP contribution in [0.4, 0.5) is 0 Å². The van der Waals surface area contributed by atoms with Gasteiger partial charge in [-0.15, -0.1) is 0 Å². The highest BCUT2D eigenvalue weighted by atomic mass is 16.5. The minimum atomic E-state index is -0.292. The lowest BCUT2D eigenvalue weighted by molar-refractivity contribution is 0.0709. The van der Waals surface area contributed by atoms with Gasteiger partial charge < -0.3 is 4.74 Å². The number of hydrogen-bond donors (Lipinski definition) is 0. The zero-order valence-electron chi connectivity index (χ0n) is 4.41. The monoisotopic (exact) mass is 85.1 g/mol. The van der Waals surface area contributed by atoms with Gasteiger partial charge in [0.15, 0.2) is 7.11 Å². The minimum Gasteiger partial charge on any atom is -0.360 e. The summed E-state index contributed by atoms with van der Waals surface area (Å²) in [4.78, 5) is 0. The molecule has 0 spiro atoms. The van der Waals surface area contributed by atoms with Crippen molar-refractivity contribution >= 4 is 0 Å². The van der Waals surface area contributed by atoms with Gasteiger partial charge >= 0.3 is 0 Å². The zero-order valence-corrected chi connectivity index (χ0v) is 4.41. The molecule has 0 aliphatic carbocycles. The van der Waals surface area contributed by atoms with Crippen molar-refractivity contribution in [2.24, 2.45) is 0 Å². The summed E-state index contributed by atoms with van der Waals surface area (Å²) in [6.07, 6.45) is 0. The maximum Gasteiger partial charge on any atom is 0.174 e. The molecule has 0 heterocycles. The van der Waals surface area contributed by atoms with Gasteiger partial charge in [0.05, 0.1) is 5.60 Å². The topological polar surface area (TPSA) is 9.23 Å². The van der Waals surface area contributed by atoms with Gasteiger partial charge in [-0.2, -0.15) is 0 Å². The van der Waals surface area contributed by atoms with Crippen molar-refractivity contribution in [2.45, 2.75) is 26.4 Å². The van der Waals surface area contributed by atoms with Gasteiger partial charge in [0.1, 0.15) is 0 Å². The Bertz CT molecular complexity index is 33.7. The van der Waals surface area contributed by atoms with Crippen LogP contribution in [0.5, 0.6) is 0 Å². The molecule has 3 radical (unpaired) electrons. The fourth-order valence-electron chi connectivity index (χ4n) is 0. The Morgan fingerprint density at radius 1 is 1.33 bits per heavy atom. The molecule has 1 nitrogen and oxygen atoms in total. The van der Waals surface area contributed by atoms with Gasteiger partial charge in [-0.05, 0) is 20.8 Å². The van der Waals surface area contributed by atoms with Crippen molar-refractivity contribution in [1.29, 1.82) is 0 Å². The molecule has 0 aromatic carbocycles. The molecule has 0 unspecified atom stereocenters. The van der Waals surface area contributed by atoms with Gasteiger partial charge in [-0.3, -0.25) is 0 Å². The second kappa shape index (κ2) is 1.61. The van der Waals surface area contributed by atoms with Crippen LogP contribution in [0, 0.1) is 7.11 Å². The van der Waals surface area contributed by atoms with Crippen LogP contribution >= 0.6 is 0 Å². The predicted octanol–water partition coefficient (Wildman–Crippen LogP) is 1.35. The third-order valence-electron chi connectivity index (χ3n) is 0.306. The average Bonchev–Trinajstić information content (AvgIpc) is 1.35. The summed E-state index contributed by atoms with van der Waals surface area (Å²) in [5.41, 5.74) is -0.292. The first-order valence-corrected chi connectivity index (χ1v) is 1.91. The molecule has 6 heavy (non-hydrogen) atoms. The van der Waals surface area contributed by atoms with E-state index in [1.165, 1.54) is 0 Å². The van der Waals surface area contributed by atoms with E-state index in [0.29, 0.717) is 0 Å². The van der Waals surface area contributed by atoms with Crippen LogP contribution in [0.2, 0.25) is 0 Å². The summed E-state index contributed by atoms with van der Waals surface area (Å²) in [6, 6.07) is 0. The van der Waals surface area contributed by atoms with Crippen molar-refractivity contribution in [1.82, 2.24) is 0 Å². The molecule has 0 saturated heterocycles. The summed E-state index contributed by atoms with van der Waals surface area (Å²) in [5, 5.41) is 0. The van der Waals surface area contributed by atoms with Crippen LogP contribution < -0.4 is 0 Å². The van der Waals surface area contributed by atoms with E-state index in [4.69, 9.17) is 7.11 Å². The largest absolute Gasteiger partial charge is 0.360 e. The van der Waals surface area contributed by atoms with Crippen molar-refractivity contribution < 1.29 is 4.74 Å². The summed E-state index contributed by atoms with van der Waals surface area (Å²) in [6.45, 7) is 5.50. The first-order valence-electron chi connectivity index (χ1n) is 1.91. The summed E-state index contributed by atoms with van der Waals surface area (Å²) in [5.74, 6) is 0. The smallest absolute Gasteiger partial charge is 0.174 e. The fraction of sp³-hybridized carbons (Fsp3) is 0.800. The summed E-state index contributed by atoms with van der Waals surface area (Å²) in [7, 11) is 6.35. The number of hydrogen-bond acceptors (Lipinski definition) is 1. The molecule has 35 valence electrons. The Balaban J connectivity index is 3.17. The minimum absolute atomic E-state index is 0.292. The van der Waals surface area contributed by atoms with Crippen molar-refractivity contribution in [2.75, 3.05) is 0 Å². The Hall–Kier alpha value is -0.0400. The van der Waals surface area contributed by atoms with Gasteiger partial charge in [0.2, 0.25) is 0 Å². The molecule has 0 fully saturated rings. The molecule has 0 aromatic heterocycles. The fourth-order valence-corrected chi connectivity index (χ4v) is 0. The van der Waals surface area contributed by atoms with Gasteiger partial charge in [0.25, 0.3) is 0 Å². The van der Waals surface area contributed by atoms with Crippen LogP contribution in [0.25, 0.3) is 0 Å². The van der Waals surface area contributed by atoms with Crippen LogP contribution in [-0.4, -0.2) is 5.60 Å². The van der Waals surface area contributed by atoms with E-state index in [2.05, 4.69) is 4.74 Å². The Labute approximate surface area is 39.3 Å². The number of ether oxygens (including phenoxy) is 1. The molecule has 0 aliphatic heterocycles. The summed E-state index contributed by atoms with van der Waals surface area (Å²) < 4.78 is 4.19.